The number of phenolic OH excluding ortho intramolecular Hbond substituents is 1. The highest BCUT2D eigenvalue weighted by Crippen LogP contribution is 2.27. The Balaban J connectivity index is 1.45. The molecule has 188 valence electrons. The molecule has 0 aromatic heterocycles. The number of aromatic hydroxyl groups is 1. The monoisotopic (exact) mass is 465 g/mol. The first kappa shape index (κ1) is 28.0. The van der Waals surface area contributed by atoms with Crippen LogP contribution in [0.5, 0.6) is 11.5 Å². The normalized spacial score (nSPS) is 11.3. The Morgan fingerprint density at radius 1 is 0.647 bits per heavy atom. The second-order valence-electron chi connectivity index (χ2n) is 9.47. The number of ether oxygens (including phenoxy) is 1. The number of phenols is 1. The average molecular weight is 466 g/mol. The van der Waals surface area contributed by atoms with E-state index in [1.165, 1.54) is 96.3 Å². The third-order valence-corrected chi connectivity index (χ3v) is 6.37. The molecule has 0 bridgehead atoms. The molecule has 0 saturated heterocycles. The van der Waals surface area contributed by atoms with Crippen LogP contribution >= 0.6 is 0 Å². The number of benzene rings is 2. The van der Waals surface area contributed by atoms with Gasteiger partial charge in [0.2, 0.25) is 0 Å². The Labute approximate surface area is 208 Å². The highest BCUT2D eigenvalue weighted by Gasteiger charge is 2.01. The SMILES string of the molecule is CCCCCCCCCCCCCCCCCCOc1ccccc1N=Cc1ccc(O)cc1. The third kappa shape index (κ3) is 13.4. The first-order valence-corrected chi connectivity index (χ1v) is 13.8. The molecule has 2 rings (SSSR count). The van der Waals surface area contributed by atoms with Gasteiger partial charge in [-0.3, -0.25) is 4.99 Å². The second kappa shape index (κ2) is 19.1. The van der Waals surface area contributed by atoms with Crippen LogP contribution in [0.1, 0.15) is 115 Å². The van der Waals surface area contributed by atoms with Crippen molar-refractivity contribution in [1.29, 1.82) is 0 Å². The standard InChI is InChI=1S/C31H47NO2/c1-2-3-4-5-6-7-8-9-10-11-12-13-14-15-16-19-26-34-31-21-18-17-20-30(31)32-27-28-22-24-29(33)25-23-28/h17-18,20-25,27,33H,2-16,19,26H2,1H3. The van der Waals surface area contributed by atoms with Gasteiger partial charge in [0.05, 0.1) is 6.61 Å². The van der Waals surface area contributed by atoms with Gasteiger partial charge in [-0.2, -0.15) is 0 Å². The number of para-hydroxylation sites is 2. The summed E-state index contributed by atoms with van der Waals surface area (Å²) in [6, 6.07) is 14.9. The molecule has 0 aliphatic carbocycles. The van der Waals surface area contributed by atoms with Gasteiger partial charge >= 0.3 is 0 Å². The van der Waals surface area contributed by atoms with Crippen LogP contribution in [0.3, 0.4) is 0 Å². The first-order valence-electron chi connectivity index (χ1n) is 13.8. The minimum absolute atomic E-state index is 0.264. The third-order valence-electron chi connectivity index (χ3n) is 6.37. The van der Waals surface area contributed by atoms with Crippen molar-refractivity contribution in [3.8, 4) is 11.5 Å². The maximum atomic E-state index is 9.40. The molecule has 3 nitrogen and oxygen atoms in total. The lowest BCUT2D eigenvalue weighted by Crippen LogP contribution is -1.97. The highest BCUT2D eigenvalue weighted by molar-refractivity contribution is 5.82. The lowest BCUT2D eigenvalue weighted by molar-refractivity contribution is 0.305. The van der Waals surface area contributed by atoms with Gasteiger partial charge < -0.3 is 9.84 Å². The van der Waals surface area contributed by atoms with Crippen LogP contribution in [-0.4, -0.2) is 17.9 Å². The fraction of sp³-hybridized carbons (Fsp3) is 0.581. The van der Waals surface area contributed by atoms with Crippen molar-refractivity contribution >= 4 is 11.9 Å². The Hall–Kier alpha value is -2.29. The highest BCUT2D eigenvalue weighted by atomic mass is 16.5. The minimum atomic E-state index is 0.264. The fourth-order valence-electron chi connectivity index (χ4n) is 4.22. The molecule has 0 fully saturated rings. The van der Waals surface area contributed by atoms with Crippen molar-refractivity contribution in [2.45, 2.75) is 110 Å². The molecule has 0 heterocycles. The van der Waals surface area contributed by atoms with Crippen LogP contribution in [0.25, 0.3) is 0 Å². The van der Waals surface area contributed by atoms with E-state index in [1.807, 2.05) is 36.4 Å². The molecule has 2 aromatic carbocycles. The number of unbranched alkanes of at least 4 members (excludes halogenated alkanes) is 15. The Morgan fingerprint density at radius 2 is 1.15 bits per heavy atom. The summed E-state index contributed by atoms with van der Waals surface area (Å²) in [6.07, 6.45) is 23.8. The summed E-state index contributed by atoms with van der Waals surface area (Å²) in [6.45, 7) is 3.03. The smallest absolute Gasteiger partial charge is 0.144 e. The maximum absolute atomic E-state index is 9.40. The number of hydrogen-bond donors (Lipinski definition) is 1. The van der Waals surface area contributed by atoms with Crippen LogP contribution in [0.15, 0.2) is 53.5 Å². The van der Waals surface area contributed by atoms with Crippen LogP contribution in [0.2, 0.25) is 0 Å². The molecule has 2 aromatic rings. The zero-order chi connectivity index (χ0) is 24.1. The van der Waals surface area contributed by atoms with Crippen molar-refractivity contribution in [3.05, 3.63) is 54.1 Å². The Kier molecular flexibility index (Phi) is 15.7. The molecule has 0 aliphatic rings. The number of hydrogen-bond acceptors (Lipinski definition) is 3. The summed E-state index contributed by atoms with van der Waals surface area (Å²) < 4.78 is 6.01. The van der Waals surface area contributed by atoms with Crippen molar-refractivity contribution in [2.75, 3.05) is 6.61 Å². The molecule has 34 heavy (non-hydrogen) atoms. The van der Waals surface area contributed by atoms with E-state index in [0.717, 1.165) is 30.0 Å². The number of aliphatic imine (C=N–C) groups is 1. The molecule has 0 atom stereocenters. The molecular formula is C31H47NO2. The molecule has 0 unspecified atom stereocenters. The molecule has 0 amide bonds. The van der Waals surface area contributed by atoms with Crippen molar-refractivity contribution in [3.63, 3.8) is 0 Å². The molecule has 1 N–H and O–H groups in total. The summed E-state index contributed by atoms with van der Waals surface area (Å²) in [5, 5.41) is 9.40. The summed E-state index contributed by atoms with van der Waals surface area (Å²) in [5.41, 5.74) is 1.79. The van der Waals surface area contributed by atoms with E-state index in [2.05, 4.69) is 11.9 Å². The van der Waals surface area contributed by atoms with E-state index in [1.54, 1.807) is 18.3 Å². The molecule has 0 spiro atoms. The molecule has 0 radical (unpaired) electrons. The Bertz CT molecular complexity index is 769. The van der Waals surface area contributed by atoms with Crippen molar-refractivity contribution in [1.82, 2.24) is 0 Å². The number of nitrogens with zero attached hydrogens (tertiary/aromatic N) is 1. The summed E-state index contributed by atoms with van der Waals surface area (Å²) in [4.78, 5) is 4.57. The van der Waals surface area contributed by atoms with Crippen molar-refractivity contribution in [2.24, 2.45) is 4.99 Å². The largest absolute Gasteiger partial charge is 0.508 e. The van der Waals surface area contributed by atoms with E-state index in [4.69, 9.17) is 4.74 Å². The predicted octanol–water partition coefficient (Wildman–Crippen LogP) is 9.78. The fourth-order valence-corrected chi connectivity index (χ4v) is 4.22. The van der Waals surface area contributed by atoms with E-state index >= 15 is 0 Å². The molecule has 3 heteroatoms. The van der Waals surface area contributed by atoms with E-state index < -0.39 is 0 Å². The Morgan fingerprint density at radius 3 is 1.71 bits per heavy atom. The number of rotatable bonds is 20. The summed E-state index contributed by atoms with van der Waals surface area (Å²) in [7, 11) is 0. The van der Waals surface area contributed by atoms with Crippen LogP contribution in [-0.2, 0) is 0 Å². The predicted molar refractivity (Wildman–Crippen MR) is 147 cm³/mol. The second-order valence-corrected chi connectivity index (χ2v) is 9.47. The first-order chi connectivity index (χ1) is 16.8. The summed E-state index contributed by atoms with van der Waals surface area (Å²) >= 11 is 0. The van der Waals surface area contributed by atoms with Crippen molar-refractivity contribution < 1.29 is 9.84 Å². The van der Waals surface area contributed by atoms with E-state index in [0.29, 0.717) is 0 Å². The zero-order valence-corrected chi connectivity index (χ0v) is 21.5. The van der Waals surface area contributed by atoms with Gasteiger partial charge in [0.25, 0.3) is 0 Å². The minimum Gasteiger partial charge on any atom is -0.508 e. The molecule has 0 saturated carbocycles. The zero-order valence-electron chi connectivity index (χ0n) is 21.5. The lowest BCUT2D eigenvalue weighted by atomic mass is 10.0. The summed E-state index contributed by atoms with van der Waals surface area (Å²) in [5.74, 6) is 1.10. The van der Waals surface area contributed by atoms with Gasteiger partial charge in [-0.1, -0.05) is 115 Å². The maximum Gasteiger partial charge on any atom is 0.144 e. The van der Waals surface area contributed by atoms with Gasteiger partial charge in [-0.15, -0.1) is 0 Å². The van der Waals surface area contributed by atoms with Gasteiger partial charge in [-0.05, 0) is 48.4 Å². The van der Waals surface area contributed by atoms with Crippen LogP contribution in [0.4, 0.5) is 5.69 Å². The average Bonchev–Trinajstić information content (AvgIpc) is 2.86. The van der Waals surface area contributed by atoms with Gasteiger partial charge in [0, 0.05) is 6.21 Å². The van der Waals surface area contributed by atoms with Gasteiger partial charge in [0.15, 0.2) is 0 Å². The van der Waals surface area contributed by atoms with Gasteiger partial charge in [-0.25, -0.2) is 0 Å². The molecule has 0 aliphatic heterocycles. The quantitative estimate of drug-likeness (QED) is 0.156. The lowest BCUT2D eigenvalue weighted by Gasteiger charge is -2.08. The van der Waals surface area contributed by atoms with Crippen LogP contribution in [0, 0.1) is 0 Å². The van der Waals surface area contributed by atoms with Gasteiger partial charge in [0.1, 0.15) is 17.2 Å². The van der Waals surface area contributed by atoms with Crippen LogP contribution < -0.4 is 4.74 Å². The molecular weight excluding hydrogens is 418 g/mol. The van der Waals surface area contributed by atoms with E-state index in [9.17, 15) is 5.11 Å². The van der Waals surface area contributed by atoms with E-state index in [-0.39, 0.29) is 5.75 Å². The topological polar surface area (TPSA) is 41.8 Å².